The number of aromatic nitrogens is 2. The van der Waals surface area contributed by atoms with Gasteiger partial charge in [0, 0.05) is 17.3 Å². The van der Waals surface area contributed by atoms with Gasteiger partial charge in [0.1, 0.15) is 11.5 Å². The molecule has 0 saturated heterocycles. The fraction of sp³-hybridized carbons (Fsp3) is 0.167. The van der Waals surface area contributed by atoms with Gasteiger partial charge in [0.05, 0.1) is 20.8 Å². The first-order valence-corrected chi connectivity index (χ1v) is 8.24. The van der Waals surface area contributed by atoms with E-state index in [2.05, 4.69) is 20.8 Å². The molecule has 0 aliphatic carbocycles. The van der Waals surface area contributed by atoms with E-state index in [4.69, 9.17) is 26.2 Å². The minimum Gasteiger partial charge on any atom is -0.497 e. The van der Waals surface area contributed by atoms with Crippen LogP contribution < -0.4 is 20.1 Å². The quantitative estimate of drug-likeness (QED) is 0.640. The zero-order valence-corrected chi connectivity index (χ0v) is 15.2. The van der Waals surface area contributed by atoms with Gasteiger partial charge in [-0.2, -0.15) is 4.98 Å². The molecule has 0 fully saturated rings. The molecule has 0 bridgehead atoms. The Balaban J connectivity index is 1.56. The number of nitrogens with zero attached hydrogens (tertiary/aromatic N) is 2. The lowest BCUT2D eigenvalue weighted by Gasteiger charge is -2.09. The van der Waals surface area contributed by atoms with Crippen molar-refractivity contribution >= 4 is 23.0 Å². The molecular formula is C18H18N4O3S. The van der Waals surface area contributed by atoms with Crippen LogP contribution in [0.1, 0.15) is 5.89 Å². The van der Waals surface area contributed by atoms with Gasteiger partial charge in [-0.05, 0) is 48.6 Å². The molecule has 0 amide bonds. The Bertz CT molecular complexity index is 880. The summed E-state index contributed by atoms with van der Waals surface area (Å²) in [5.41, 5.74) is 1.67. The van der Waals surface area contributed by atoms with Gasteiger partial charge in [0.2, 0.25) is 11.7 Å². The molecule has 1 heterocycles. The predicted molar refractivity (Wildman–Crippen MR) is 102 cm³/mol. The minimum absolute atomic E-state index is 0.318. The van der Waals surface area contributed by atoms with Gasteiger partial charge in [-0.1, -0.05) is 11.2 Å². The molecule has 8 heteroatoms. The lowest BCUT2D eigenvalue weighted by atomic mass is 10.2. The molecule has 2 N–H and O–H groups in total. The molecule has 26 heavy (non-hydrogen) atoms. The summed E-state index contributed by atoms with van der Waals surface area (Å²) in [6, 6.07) is 14.9. The number of methoxy groups -OCH3 is 2. The van der Waals surface area contributed by atoms with Gasteiger partial charge in [-0.15, -0.1) is 0 Å². The van der Waals surface area contributed by atoms with Gasteiger partial charge >= 0.3 is 0 Å². The maximum atomic E-state index is 5.28. The molecule has 0 saturated carbocycles. The number of anilines is 1. The van der Waals surface area contributed by atoms with Crippen LogP contribution in [-0.4, -0.2) is 29.5 Å². The van der Waals surface area contributed by atoms with Crippen LogP contribution in [0.2, 0.25) is 0 Å². The second-order valence-electron chi connectivity index (χ2n) is 5.28. The zero-order valence-electron chi connectivity index (χ0n) is 14.4. The second-order valence-corrected chi connectivity index (χ2v) is 5.69. The average Bonchev–Trinajstić information content (AvgIpc) is 3.15. The topological polar surface area (TPSA) is 81.4 Å². The number of rotatable bonds is 6. The van der Waals surface area contributed by atoms with E-state index in [9.17, 15) is 0 Å². The fourth-order valence-electron chi connectivity index (χ4n) is 2.22. The maximum Gasteiger partial charge on any atom is 0.246 e. The van der Waals surface area contributed by atoms with Crippen molar-refractivity contribution in [3.63, 3.8) is 0 Å². The first-order chi connectivity index (χ1) is 12.7. The van der Waals surface area contributed by atoms with E-state index in [1.165, 1.54) is 0 Å². The van der Waals surface area contributed by atoms with Crippen LogP contribution in [0, 0.1) is 0 Å². The second kappa shape index (κ2) is 8.30. The van der Waals surface area contributed by atoms with Crippen LogP contribution >= 0.6 is 12.2 Å². The summed E-state index contributed by atoms with van der Waals surface area (Å²) in [6.45, 7) is 0.318. The highest BCUT2D eigenvalue weighted by Crippen LogP contribution is 2.20. The highest BCUT2D eigenvalue weighted by Gasteiger charge is 2.09. The van der Waals surface area contributed by atoms with E-state index in [0.717, 1.165) is 22.7 Å². The molecule has 3 aromatic rings. The summed E-state index contributed by atoms with van der Waals surface area (Å²) >= 11 is 5.28. The number of hydrogen-bond acceptors (Lipinski definition) is 6. The van der Waals surface area contributed by atoms with Crippen molar-refractivity contribution in [3.05, 3.63) is 54.4 Å². The van der Waals surface area contributed by atoms with Gasteiger partial charge in [-0.25, -0.2) is 0 Å². The highest BCUT2D eigenvalue weighted by molar-refractivity contribution is 7.80. The molecular weight excluding hydrogens is 352 g/mol. The molecule has 134 valence electrons. The molecule has 0 radical (unpaired) electrons. The van der Waals surface area contributed by atoms with Crippen LogP contribution in [0.15, 0.2) is 53.1 Å². The largest absolute Gasteiger partial charge is 0.497 e. The number of thiocarbonyl (C=S) groups is 1. The van der Waals surface area contributed by atoms with E-state index >= 15 is 0 Å². The molecule has 2 aromatic carbocycles. The first kappa shape index (κ1) is 17.7. The summed E-state index contributed by atoms with van der Waals surface area (Å²) in [7, 11) is 3.24. The van der Waals surface area contributed by atoms with Gasteiger partial charge in [-0.3, -0.25) is 0 Å². The average molecular weight is 370 g/mol. The van der Waals surface area contributed by atoms with Crippen molar-refractivity contribution in [3.8, 4) is 22.9 Å². The smallest absolute Gasteiger partial charge is 0.246 e. The van der Waals surface area contributed by atoms with Gasteiger partial charge in [0.25, 0.3) is 0 Å². The summed E-state index contributed by atoms with van der Waals surface area (Å²) in [5.74, 6) is 2.47. The van der Waals surface area contributed by atoms with E-state index in [1.54, 1.807) is 14.2 Å². The standard InChI is InChI=1S/C18H18N4O3S/c1-23-14-8-6-12(7-9-14)17-21-16(25-22-17)11-19-18(26)20-13-4-3-5-15(10-13)24-2/h3-10H,11H2,1-2H3,(H2,19,20,26). The Morgan fingerprint density at radius 2 is 1.85 bits per heavy atom. The van der Waals surface area contributed by atoms with E-state index < -0.39 is 0 Å². The lowest BCUT2D eigenvalue weighted by Crippen LogP contribution is -2.28. The predicted octanol–water partition coefficient (Wildman–Crippen LogP) is 3.24. The summed E-state index contributed by atoms with van der Waals surface area (Å²) in [5, 5.41) is 10.5. The Kier molecular flexibility index (Phi) is 5.65. The van der Waals surface area contributed by atoms with E-state index in [1.807, 2.05) is 48.5 Å². The third kappa shape index (κ3) is 4.48. The van der Waals surface area contributed by atoms with Crippen molar-refractivity contribution in [2.75, 3.05) is 19.5 Å². The lowest BCUT2D eigenvalue weighted by molar-refractivity contribution is 0.376. The van der Waals surface area contributed by atoms with Crippen molar-refractivity contribution in [1.82, 2.24) is 15.5 Å². The van der Waals surface area contributed by atoms with Crippen molar-refractivity contribution in [1.29, 1.82) is 0 Å². The van der Waals surface area contributed by atoms with Crippen LogP contribution in [0.25, 0.3) is 11.4 Å². The third-order valence-electron chi connectivity index (χ3n) is 3.54. The molecule has 3 rings (SSSR count). The third-order valence-corrected chi connectivity index (χ3v) is 3.79. The Hall–Kier alpha value is -3.13. The maximum absolute atomic E-state index is 5.28. The number of ether oxygens (including phenoxy) is 2. The molecule has 1 aromatic heterocycles. The minimum atomic E-state index is 0.318. The SMILES string of the molecule is COc1ccc(-c2noc(CNC(=S)Nc3cccc(OC)c3)n2)cc1. The number of benzene rings is 2. The Morgan fingerprint density at radius 1 is 1.08 bits per heavy atom. The molecule has 0 atom stereocenters. The highest BCUT2D eigenvalue weighted by atomic mass is 32.1. The van der Waals surface area contributed by atoms with Crippen molar-refractivity contribution < 1.29 is 14.0 Å². The van der Waals surface area contributed by atoms with Crippen LogP contribution in [-0.2, 0) is 6.54 Å². The van der Waals surface area contributed by atoms with Gasteiger partial charge < -0.3 is 24.6 Å². The van der Waals surface area contributed by atoms with Crippen molar-refractivity contribution in [2.24, 2.45) is 0 Å². The summed E-state index contributed by atoms with van der Waals surface area (Å²) < 4.78 is 15.6. The molecule has 0 unspecified atom stereocenters. The fourth-order valence-corrected chi connectivity index (χ4v) is 2.41. The van der Waals surface area contributed by atoms with Gasteiger partial charge in [0.15, 0.2) is 5.11 Å². The normalized spacial score (nSPS) is 10.2. The Labute approximate surface area is 156 Å². The number of nitrogens with one attached hydrogen (secondary N) is 2. The molecule has 0 spiro atoms. The van der Waals surface area contributed by atoms with Crippen LogP contribution in [0.3, 0.4) is 0 Å². The van der Waals surface area contributed by atoms with Crippen molar-refractivity contribution in [2.45, 2.75) is 6.54 Å². The zero-order chi connectivity index (χ0) is 18.4. The molecule has 0 aliphatic heterocycles. The van der Waals surface area contributed by atoms with Crippen LogP contribution in [0.5, 0.6) is 11.5 Å². The summed E-state index contributed by atoms with van der Waals surface area (Å²) in [6.07, 6.45) is 0. The van der Waals surface area contributed by atoms with E-state index in [0.29, 0.717) is 23.4 Å². The number of hydrogen-bond donors (Lipinski definition) is 2. The summed E-state index contributed by atoms with van der Waals surface area (Å²) in [4.78, 5) is 4.35. The monoisotopic (exact) mass is 370 g/mol. The van der Waals surface area contributed by atoms with E-state index in [-0.39, 0.29) is 0 Å². The first-order valence-electron chi connectivity index (χ1n) is 7.84. The molecule has 7 nitrogen and oxygen atoms in total. The Morgan fingerprint density at radius 3 is 2.58 bits per heavy atom. The molecule has 0 aliphatic rings. The van der Waals surface area contributed by atoms with Crippen LogP contribution in [0.4, 0.5) is 5.69 Å².